The molecule has 1 N–H and O–H groups in total. The van der Waals surface area contributed by atoms with Crippen LogP contribution in [0.2, 0.25) is 0 Å². The lowest BCUT2D eigenvalue weighted by Crippen LogP contribution is -2.23. The Balaban J connectivity index is 1.78. The van der Waals surface area contributed by atoms with E-state index in [1.165, 1.54) is 12.1 Å². The topological polar surface area (TPSA) is 46.9 Å². The number of nitrogens with one attached hydrogen (secondary N) is 1. The number of nitrogens with zero attached hydrogens (tertiary/aromatic N) is 2. The Morgan fingerprint density at radius 3 is 2.60 bits per heavy atom. The van der Waals surface area contributed by atoms with Crippen molar-refractivity contribution in [1.29, 1.82) is 0 Å². The van der Waals surface area contributed by atoms with E-state index in [0.717, 1.165) is 18.9 Å². The van der Waals surface area contributed by atoms with Crippen LogP contribution >= 0.6 is 0 Å². The van der Waals surface area contributed by atoms with Gasteiger partial charge >= 0.3 is 0 Å². The minimum atomic E-state index is -0.641. The van der Waals surface area contributed by atoms with E-state index in [9.17, 15) is 13.6 Å². The van der Waals surface area contributed by atoms with Crippen LogP contribution in [-0.4, -0.2) is 9.55 Å². The van der Waals surface area contributed by atoms with Crippen LogP contribution in [-0.2, 0) is 6.54 Å². The molecule has 0 amide bonds. The fraction of sp³-hybridized carbons (Fsp3) is 0.286. The molecule has 6 heteroatoms. The first kappa shape index (κ1) is 12.8. The van der Waals surface area contributed by atoms with Crippen LogP contribution in [0.5, 0.6) is 0 Å². The van der Waals surface area contributed by atoms with E-state index >= 15 is 0 Å². The highest BCUT2D eigenvalue weighted by molar-refractivity contribution is 5.33. The normalized spacial score (nSPS) is 14.3. The van der Waals surface area contributed by atoms with E-state index in [1.807, 2.05) is 0 Å². The largest absolute Gasteiger partial charge is 0.361 e. The zero-order chi connectivity index (χ0) is 14.1. The van der Waals surface area contributed by atoms with Crippen LogP contribution in [0.1, 0.15) is 24.4 Å². The summed E-state index contributed by atoms with van der Waals surface area (Å²) in [5.41, 5.74) is 0.220. The number of anilines is 1. The fourth-order valence-electron chi connectivity index (χ4n) is 2.09. The predicted molar refractivity (Wildman–Crippen MR) is 70.5 cm³/mol. The predicted octanol–water partition coefficient (Wildman–Crippen LogP) is 2.47. The zero-order valence-corrected chi connectivity index (χ0v) is 10.6. The molecule has 2 aromatic rings. The van der Waals surface area contributed by atoms with Crippen molar-refractivity contribution in [3.8, 4) is 0 Å². The Morgan fingerprint density at radius 2 is 1.95 bits per heavy atom. The van der Waals surface area contributed by atoms with Crippen molar-refractivity contribution in [2.75, 3.05) is 5.32 Å². The first-order chi connectivity index (χ1) is 9.63. The zero-order valence-electron chi connectivity index (χ0n) is 10.6. The van der Waals surface area contributed by atoms with Gasteiger partial charge in [-0.25, -0.2) is 13.8 Å². The molecule has 3 rings (SSSR count). The van der Waals surface area contributed by atoms with Crippen molar-refractivity contribution < 1.29 is 8.78 Å². The molecule has 0 radical (unpaired) electrons. The Kier molecular flexibility index (Phi) is 3.22. The van der Waals surface area contributed by atoms with E-state index < -0.39 is 11.6 Å². The lowest BCUT2D eigenvalue weighted by Gasteiger charge is -2.08. The van der Waals surface area contributed by atoms with E-state index in [4.69, 9.17) is 0 Å². The van der Waals surface area contributed by atoms with Gasteiger partial charge in [0.15, 0.2) is 5.82 Å². The highest BCUT2D eigenvalue weighted by Crippen LogP contribution is 2.33. The Bertz CT molecular complexity index is 675. The van der Waals surface area contributed by atoms with E-state index in [2.05, 4.69) is 10.3 Å². The second-order valence-corrected chi connectivity index (χ2v) is 4.85. The van der Waals surface area contributed by atoms with E-state index in [1.54, 1.807) is 17.0 Å². The van der Waals surface area contributed by atoms with Gasteiger partial charge < -0.3 is 9.88 Å². The van der Waals surface area contributed by atoms with Crippen LogP contribution in [0.15, 0.2) is 35.4 Å². The standard InChI is InChI=1S/C14H13F2N3O/c15-10-5-9(6-11(16)7-10)8-18-13-14(20)19(4-3-17-13)12-1-2-12/h3-7,12H,1-2,8H2,(H,17,18). The van der Waals surface area contributed by atoms with Gasteiger partial charge in [-0.1, -0.05) is 0 Å². The summed E-state index contributed by atoms with van der Waals surface area (Å²) in [6.07, 6.45) is 5.21. The van der Waals surface area contributed by atoms with Crippen molar-refractivity contribution >= 4 is 5.82 Å². The maximum absolute atomic E-state index is 13.1. The van der Waals surface area contributed by atoms with E-state index in [0.29, 0.717) is 5.56 Å². The third-order valence-corrected chi connectivity index (χ3v) is 3.19. The highest BCUT2D eigenvalue weighted by Gasteiger charge is 2.25. The molecule has 104 valence electrons. The monoisotopic (exact) mass is 277 g/mol. The summed E-state index contributed by atoms with van der Waals surface area (Å²) >= 11 is 0. The molecule has 0 unspecified atom stereocenters. The molecule has 1 aromatic carbocycles. The van der Waals surface area contributed by atoms with Gasteiger partial charge in [0.25, 0.3) is 5.56 Å². The highest BCUT2D eigenvalue weighted by atomic mass is 19.1. The molecule has 4 nitrogen and oxygen atoms in total. The summed E-state index contributed by atoms with van der Waals surface area (Å²) in [5.74, 6) is -1.08. The van der Waals surface area contributed by atoms with Crippen molar-refractivity contribution in [2.24, 2.45) is 0 Å². The summed E-state index contributed by atoms with van der Waals surface area (Å²) in [7, 11) is 0. The quantitative estimate of drug-likeness (QED) is 0.934. The lowest BCUT2D eigenvalue weighted by atomic mass is 10.2. The number of benzene rings is 1. The average Bonchev–Trinajstić information content (AvgIpc) is 3.21. The molecule has 20 heavy (non-hydrogen) atoms. The fourth-order valence-corrected chi connectivity index (χ4v) is 2.09. The molecule has 1 fully saturated rings. The smallest absolute Gasteiger partial charge is 0.293 e. The SMILES string of the molecule is O=c1c(NCc2cc(F)cc(F)c2)nccn1C1CC1. The van der Waals surface area contributed by atoms with Crippen molar-refractivity contribution in [1.82, 2.24) is 9.55 Å². The minimum absolute atomic E-state index is 0.144. The number of rotatable bonds is 4. The van der Waals surface area contributed by atoms with Crippen LogP contribution < -0.4 is 10.9 Å². The first-order valence-corrected chi connectivity index (χ1v) is 6.39. The Morgan fingerprint density at radius 1 is 1.25 bits per heavy atom. The number of aromatic nitrogens is 2. The van der Waals surface area contributed by atoms with Crippen molar-refractivity contribution in [3.05, 3.63) is 58.1 Å². The number of hydrogen-bond acceptors (Lipinski definition) is 3. The molecule has 1 saturated carbocycles. The third-order valence-electron chi connectivity index (χ3n) is 3.19. The molecule has 1 aliphatic carbocycles. The maximum atomic E-state index is 13.1. The first-order valence-electron chi connectivity index (χ1n) is 6.39. The summed E-state index contributed by atoms with van der Waals surface area (Å²) in [4.78, 5) is 16.1. The molecule has 1 aliphatic rings. The molecule has 1 aromatic heterocycles. The summed E-state index contributed by atoms with van der Waals surface area (Å²) in [5, 5.41) is 2.83. The van der Waals surface area contributed by atoms with Gasteiger partial charge in [-0.2, -0.15) is 0 Å². The molecule has 0 saturated heterocycles. The second kappa shape index (κ2) is 5.03. The Hall–Kier alpha value is -2.24. The van der Waals surface area contributed by atoms with Crippen LogP contribution in [0.25, 0.3) is 0 Å². The van der Waals surface area contributed by atoms with Crippen molar-refractivity contribution in [3.63, 3.8) is 0 Å². The van der Waals surface area contributed by atoms with Gasteiger partial charge in [0.2, 0.25) is 0 Å². The summed E-state index contributed by atoms with van der Waals surface area (Å²) < 4.78 is 27.8. The van der Waals surface area contributed by atoms with Crippen LogP contribution in [0.3, 0.4) is 0 Å². The molecule has 0 atom stereocenters. The lowest BCUT2D eigenvalue weighted by molar-refractivity contribution is 0.580. The number of hydrogen-bond donors (Lipinski definition) is 1. The maximum Gasteiger partial charge on any atom is 0.293 e. The number of halogens is 2. The van der Waals surface area contributed by atoms with Gasteiger partial charge in [0.05, 0.1) is 0 Å². The molecule has 0 bridgehead atoms. The van der Waals surface area contributed by atoms with Gasteiger partial charge in [-0.05, 0) is 30.5 Å². The van der Waals surface area contributed by atoms with Gasteiger partial charge in [0, 0.05) is 31.0 Å². The summed E-state index contributed by atoms with van der Waals surface area (Å²) in [6, 6.07) is 3.51. The average molecular weight is 277 g/mol. The molecule has 1 heterocycles. The van der Waals surface area contributed by atoms with Crippen molar-refractivity contribution in [2.45, 2.75) is 25.4 Å². The van der Waals surface area contributed by atoms with Crippen LogP contribution in [0.4, 0.5) is 14.6 Å². The van der Waals surface area contributed by atoms with Gasteiger partial charge in [-0.15, -0.1) is 0 Å². The summed E-state index contributed by atoms with van der Waals surface area (Å²) in [6.45, 7) is 0.144. The second-order valence-electron chi connectivity index (χ2n) is 4.85. The molecule has 0 aliphatic heterocycles. The molecular formula is C14H13F2N3O. The minimum Gasteiger partial charge on any atom is -0.361 e. The van der Waals surface area contributed by atoms with E-state index in [-0.39, 0.29) is 24.0 Å². The molecule has 0 spiro atoms. The van der Waals surface area contributed by atoms with Gasteiger partial charge in [0.1, 0.15) is 11.6 Å². The van der Waals surface area contributed by atoms with Gasteiger partial charge in [-0.3, -0.25) is 4.79 Å². The van der Waals surface area contributed by atoms with Crippen LogP contribution in [0, 0.1) is 11.6 Å². The third kappa shape index (κ3) is 2.68. The molecular weight excluding hydrogens is 264 g/mol. The Labute approximate surface area is 114 Å².